The molecule has 33 heavy (non-hydrogen) atoms. The number of benzene rings is 2. The fraction of sp³-hybridized carbons (Fsp3) is 0.0435. The van der Waals surface area contributed by atoms with Gasteiger partial charge in [-0.15, -0.1) is 0 Å². The highest BCUT2D eigenvalue weighted by molar-refractivity contribution is 7.80. The van der Waals surface area contributed by atoms with Crippen LogP contribution in [0.1, 0.15) is 16.1 Å². The van der Waals surface area contributed by atoms with Gasteiger partial charge >= 0.3 is 5.97 Å². The molecule has 0 spiro atoms. The summed E-state index contributed by atoms with van der Waals surface area (Å²) in [7, 11) is 1.52. The van der Waals surface area contributed by atoms with Crippen LogP contribution in [-0.2, 0) is 9.59 Å². The number of nitrogens with zero attached hydrogens (tertiary/aromatic N) is 1. The highest BCUT2D eigenvalue weighted by Gasteiger charge is 2.34. The van der Waals surface area contributed by atoms with Gasteiger partial charge in [-0.25, -0.2) is 4.79 Å². The van der Waals surface area contributed by atoms with Crippen molar-refractivity contribution in [2.45, 2.75) is 0 Å². The Hall–Kier alpha value is -3.95. The Morgan fingerprint density at radius 2 is 1.88 bits per heavy atom. The minimum absolute atomic E-state index is 0.0381. The van der Waals surface area contributed by atoms with Crippen molar-refractivity contribution in [2.75, 3.05) is 12.0 Å². The van der Waals surface area contributed by atoms with Crippen molar-refractivity contribution >= 4 is 58.5 Å². The molecule has 1 aromatic heterocycles. The third-order valence-corrected chi connectivity index (χ3v) is 5.44. The second kappa shape index (κ2) is 8.89. The number of carboxylic acid groups (broad SMARTS) is 1. The maximum Gasteiger partial charge on any atom is 0.335 e. The molecule has 0 radical (unpaired) electrons. The Morgan fingerprint density at radius 3 is 2.55 bits per heavy atom. The van der Waals surface area contributed by atoms with Gasteiger partial charge in [0.1, 0.15) is 22.8 Å². The molecule has 0 aliphatic carbocycles. The third kappa shape index (κ3) is 4.36. The molecule has 0 bridgehead atoms. The third-order valence-electron chi connectivity index (χ3n) is 4.82. The van der Waals surface area contributed by atoms with Crippen molar-refractivity contribution < 1.29 is 28.6 Å². The second-order valence-corrected chi connectivity index (χ2v) is 7.65. The van der Waals surface area contributed by atoms with E-state index in [-0.39, 0.29) is 32.8 Å². The predicted molar refractivity (Wildman–Crippen MR) is 125 cm³/mol. The summed E-state index contributed by atoms with van der Waals surface area (Å²) in [5, 5.41) is 11.9. The second-order valence-electron chi connectivity index (χ2n) is 6.86. The van der Waals surface area contributed by atoms with E-state index in [1.165, 1.54) is 42.4 Å². The summed E-state index contributed by atoms with van der Waals surface area (Å²) in [5.74, 6) is -1.33. The van der Waals surface area contributed by atoms with Gasteiger partial charge in [0.15, 0.2) is 5.11 Å². The van der Waals surface area contributed by atoms with Crippen LogP contribution in [0.15, 0.2) is 64.6 Å². The Labute approximate surface area is 198 Å². The van der Waals surface area contributed by atoms with Gasteiger partial charge in [-0.2, -0.15) is 0 Å². The molecule has 2 N–H and O–H groups in total. The van der Waals surface area contributed by atoms with E-state index in [1.54, 1.807) is 30.3 Å². The zero-order chi connectivity index (χ0) is 23.7. The number of furan rings is 1. The molecule has 1 aliphatic rings. The van der Waals surface area contributed by atoms with Gasteiger partial charge in [-0.05, 0) is 72.9 Å². The van der Waals surface area contributed by atoms with Crippen molar-refractivity contribution in [3.8, 4) is 17.1 Å². The molecule has 1 aliphatic heterocycles. The lowest BCUT2D eigenvalue weighted by atomic mass is 10.1. The summed E-state index contributed by atoms with van der Waals surface area (Å²) in [6.45, 7) is 0. The van der Waals surface area contributed by atoms with Crippen LogP contribution >= 0.6 is 23.8 Å². The standard InChI is InChI=1S/C23H15ClN2O6S/c1-31-14-5-3-13(4-6-14)26-21(28)17(20(27)25-23(26)33)11-15-7-9-19(32-15)16-10-12(22(29)30)2-8-18(16)24/h2-11H,1H3,(H,29,30)(H,25,27,33)/b17-11+. The molecular formula is C23H15ClN2O6S. The first kappa shape index (κ1) is 22.3. The van der Waals surface area contributed by atoms with E-state index >= 15 is 0 Å². The van der Waals surface area contributed by atoms with Gasteiger partial charge in [0.2, 0.25) is 0 Å². The topological polar surface area (TPSA) is 109 Å². The molecule has 10 heteroatoms. The van der Waals surface area contributed by atoms with Gasteiger partial charge in [0, 0.05) is 5.56 Å². The number of carbonyl (C=O) groups is 3. The summed E-state index contributed by atoms with van der Waals surface area (Å²) >= 11 is 11.4. The molecule has 4 rings (SSSR count). The number of thiocarbonyl (C=S) groups is 1. The van der Waals surface area contributed by atoms with Gasteiger partial charge in [0.25, 0.3) is 11.8 Å². The number of methoxy groups -OCH3 is 1. The van der Waals surface area contributed by atoms with Crippen LogP contribution in [0, 0.1) is 0 Å². The van der Waals surface area contributed by atoms with Crippen LogP contribution in [0.2, 0.25) is 5.02 Å². The summed E-state index contributed by atoms with van der Waals surface area (Å²) in [5.41, 5.74) is 0.665. The fourth-order valence-corrected chi connectivity index (χ4v) is 3.68. The molecule has 2 amide bonds. The average molecular weight is 483 g/mol. The highest BCUT2D eigenvalue weighted by Crippen LogP contribution is 2.31. The SMILES string of the molecule is COc1ccc(N2C(=O)/C(=C/c3ccc(-c4cc(C(=O)O)ccc4Cl)o3)C(=O)NC2=S)cc1. The van der Waals surface area contributed by atoms with Gasteiger partial charge in [-0.1, -0.05) is 11.6 Å². The van der Waals surface area contributed by atoms with Crippen LogP contribution in [0.25, 0.3) is 17.4 Å². The molecule has 1 fully saturated rings. The van der Waals surface area contributed by atoms with Gasteiger partial charge < -0.3 is 14.3 Å². The molecule has 1 saturated heterocycles. The summed E-state index contributed by atoms with van der Waals surface area (Å²) in [6, 6.07) is 13.9. The largest absolute Gasteiger partial charge is 0.497 e. The van der Waals surface area contributed by atoms with E-state index in [9.17, 15) is 19.5 Å². The van der Waals surface area contributed by atoms with Crippen LogP contribution in [-0.4, -0.2) is 35.1 Å². The molecular weight excluding hydrogens is 468 g/mol. The number of carboxylic acids is 1. The molecule has 0 unspecified atom stereocenters. The van der Waals surface area contributed by atoms with E-state index in [0.717, 1.165) is 0 Å². The lowest BCUT2D eigenvalue weighted by molar-refractivity contribution is -0.122. The van der Waals surface area contributed by atoms with E-state index < -0.39 is 17.8 Å². The minimum atomic E-state index is -1.11. The van der Waals surface area contributed by atoms with Crippen molar-refractivity contribution in [1.29, 1.82) is 0 Å². The van der Waals surface area contributed by atoms with E-state index in [2.05, 4.69) is 5.32 Å². The van der Waals surface area contributed by atoms with Crippen molar-refractivity contribution in [3.05, 3.63) is 76.5 Å². The number of aromatic carboxylic acids is 1. The number of anilines is 1. The normalized spacial score (nSPS) is 15.0. The quantitative estimate of drug-likeness (QED) is 0.319. The number of amides is 2. The summed E-state index contributed by atoms with van der Waals surface area (Å²) in [6.07, 6.45) is 1.29. The zero-order valence-corrected chi connectivity index (χ0v) is 18.6. The number of halogens is 1. The molecule has 0 atom stereocenters. The molecule has 3 aromatic rings. The summed E-state index contributed by atoms with van der Waals surface area (Å²) < 4.78 is 10.9. The van der Waals surface area contributed by atoms with Crippen LogP contribution in [0.3, 0.4) is 0 Å². The molecule has 2 aromatic carbocycles. The van der Waals surface area contributed by atoms with Crippen LogP contribution < -0.4 is 15.0 Å². The molecule has 2 heterocycles. The smallest absolute Gasteiger partial charge is 0.335 e. The Kier molecular flexibility index (Phi) is 5.99. The number of hydrogen-bond donors (Lipinski definition) is 2. The van der Waals surface area contributed by atoms with Crippen molar-refractivity contribution in [2.24, 2.45) is 0 Å². The Bertz CT molecular complexity index is 1330. The van der Waals surface area contributed by atoms with E-state index in [1.807, 2.05) is 0 Å². The Morgan fingerprint density at radius 1 is 1.15 bits per heavy atom. The average Bonchev–Trinajstić information content (AvgIpc) is 3.25. The van der Waals surface area contributed by atoms with E-state index in [4.69, 9.17) is 33.0 Å². The zero-order valence-electron chi connectivity index (χ0n) is 17.0. The predicted octanol–water partition coefficient (Wildman–Crippen LogP) is 4.14. The van der Waals surface area contributed by atoms with Crippen molar-refractivity contribution in [1.82, 2.24) is 5.32 Å². The molecule has 166 valence electrons. The van der Waals surface area contributed by atoms with Crippen LogP contribution in [0.4, 0.5) is 5.69 Å². The first-order valence-electron chi connectivity index (χ1n) is 9.47. The first-order chi connectivity index (χ1) is 15.8. The lowest BCUT2D eigenvalue weighted by Crippen LogP contribution is -2.54. The fourth-order valence-electron chi connectivity index (χ4n) is 3.19. The van der Waals surface area contributed by atoms with E-state index in [0.29, 0.717) is 17.0 Å². The lowest BCUT2D eigenvalue weighted by Gasteiger charge is -2.28. The maximum atomic E-state index is 13.1. The van der Waals surface area contributed by atoms with Gasteiger partial charge in [0.05, 0.1) is 23.4 Å². The molecule has 0 saturated carbocycles. The molecule has 8 nitrogen and oxygen atoms in total. The van der Waals surface area contributed by atoms with Crippen LogP contribution in [0.5, 0.6) is 5.75 Å². The van der Waals surface area contributed by atoms with Crippen molar-refractivity contribution in [3.63, 3.8) is 0 Å². The first-order valence-corrected chi connectivity index (χ1v) is 10.3. The number of nitrogens with one attached hydrogen (secondary N) is 1. The number of rotatable bonds is 5. The monoisotopic (exact) mass is 482 g/mol. The number of carbonyl (C=O) groups excluding carboxylic acids is 2. The highest BCUT2D eigenvalue weighted by atomic mass is 35.5. The summed E-state index contributed by atoms with van der Waals surface area (Å²) in [4.78, 5) is 38.0. The maximum absolute atomic E-state index is 13.1. The minimum Gasteiger partial charge on any atom is -0.497 e. The van der Waals surface area contributed by atoms with Gasteiger partial charge in [-0.3, -0.25) is 19.8 Å². The Balaban J connectivity index is 1.67. The number of hydrogen-bond acceptors (Lipinski definition) is 6. The number of ether oxygens (including phenoxy) is 1.